The summed E-state index contributed by atoms with van der Waals surface area (Å²) in [6.45, 7) is 9.01. The van der Waals surface area contributed by atoms with Gasteiger partial charge in [-0.15, -0.1) is 10.2 Å². The van der Waals surface area contributed by atoms with Gasteiger partial charge < -0.3 is 14.4 Å². The Kier molecular flexibility index (Phi) is 9.58. The van der Waals surface area contributed by atoms with Gasteiger partial charge in [-0.05, 0) is 76.0 Å². The molecule has 0 bridgehead atoms. The zero-order chi connectivity index (χ0) is 24.5. The van der Waals surface area contributed by atoms with Crippen molar-refractivity contribution in [1.29, 1.82) is 5.26 Å². The van der Waals surface area contributed by atoms with Gasteiger partial charge in [-0.25, -0.2) is 0 Å². The number of methoxy groups -OCH3 is 1. The molecule has 0 atom stereocenters. The summed E-state index contributed by atoms with van der Waals surface area (Å²) < 4.78 is 10.6. The van der Waals surface area contributed by atoms with Crippen molar-refractivity contribution in [2.24, 2.45) is 0 Å². The Bertz CT molecular complexity index is 1120. The lowest BCUT2D eigenvalue weighted by atomic mass is 10.0. The van der Waals surface area contributed by atoms with E-state index in [0.29, 0.717) is 11.3 Å². The fourth-order valence-corrected chi connectivity index (χ4v) is 4.67. The van der Waals surface area contributed by atoms with Crippen LogP contribution in [0.2, 0.25) is 0 Å². The highest BCUT2D eigenvalue weighted by molar-refractivity contribution is 7.17. The second-order valence-electron chi connectivity index (χ2n) is 8.59. The Morgan fingerprint density at radius 3 is 2.65 bits per heavy atom. The maximum atomic E-state index is 9.43. The number of ether oxygens (including phenoxy) is 2. The molecule has 3 aromatic rings. The monoisotopic (exact) mass is 478 g/mol. The van der Waals surface area contributed by atoms with Crippen LogP contribution in [0.1, 0.15) is 43.9 Å². The molecule has 1 aromatic heterocycles. The number of aryl methyl sites for hydroxylation is 1. The van der Waals surface area contributed by atoms with Crippen molar-refractivity contribution < 1.29 is 9.47 Å². The highest BCUT2D eigenvalue weighted by Crippen LogP contribution is 2.37. The van der Waals surface area contributed by atoms with Crippen LogP contribution < -0.4 is 4.74 Å². The third-order valence-corrected chi connectivity index (χ3v) is 6.73. The highest BCUT2D eigenvalue weighted by Gasteiger charge is 2.19. The molecular weight excluding hydrogens is 444 g/mol. The van der Waals surface area contributed by atoms with Crippen molar-refractivity contribution in [3.05, 3.63) is 53.1 Å². The first kappa shape index (κ1) is 25.8. The first-order valence-electron chi connectivity index (χ1n) is 11.8. The second-order valence-corrected chi connectivity index (χ2v) is 9.56. The van der Waals surface area contributed by atoms with E-state index < -0.39 is 0 Å². The number of nitrogens with zero attached hydrogens (tertiary/aromatic N) is 4. The van der Waals surface area contributed by atoms with E-state index in [1.807, 2.05) is 32.0 Å². The number of likely N-dealkylation sites (N-methyl/N-ethyl adjacent to an activating group) is 1. The number of hydrogen-bond acceptors (Lipinski definition) is 7. The average molecular weight is 479 g/mol. The molecule has 0 radical (unpaired) electrons. The molecule has 0 saturated carbocycles. The Morgan fingerprint density at radius 2 is 1.94 bits per heavy atom. The van der Waals surface area contributed by atoms with E-state index in [0.717, 1.165) is 48.1 Å². The number of nitriles is 1. The van der Waals surface area contributed by atoms with E-state index in [4.69, 9.17) is 9.47 Å². The van der Waals surface area contributed by atoms with Gasteiger partial charge in [0, 0.05) is 24.8 Å². The lowest BCUT2D eigenvalue weighted by Crippen LogP contribution is -2.21. The van der Waals surface area contributed by atoms with Crippen LogP contribution in [0.4, 0.5) is 0 Å². The molecule has 7 heteroatoms. The van der Waals surface area contributed by atoms with Crippen LogP contribution >= 0.6 is 11.3 Å². The van der Waals surface area contributed by atoms with Gasteiger partial charge in [-0.1, -0.05) is 36.5 Å². The first-order chi connectivity index (χ1) is 16.5. The topological polar surface area (TPSA) is 71.3 Å². The van der Waals surface area contributed by atoms with Crippen LogP contribution in [-0.2, 0) is 17.6 Å². The highest BCUT2D eigenvalue weighted by atomic mass is 32.1. The summed E-state index contributed by atoms with van der Waals surface area (Å²) >= 11 is 1.57. The standard InChI is InChI=1S/C21H19N3OS.C6H15NO/c1-13(2)25-19-10-9-15(11-16(19)12-22)20-23-24-21(26-20)18-8-4-6-14-5-3-7-17(14)18;1-4-7(2)5-6-8-3/h4,6,8-11,13H,3,5,7H2,1-2H3;4-6H2,1-3H3. The van der Waals surface area contributed by atoms with Crippen LogP contribution in [0.15, 0.2) is 36.4 Å². The molecule has 1 aliphatic rings. The van der Waals surface area contributed by atoms with Gasteiger partial charge in [-0.2, -0.15) is 5.26 Å². The first-order valence-corrected chi connectivity index (χ1v) is 12.6. The zero-order valence-corrected chi connectivity index (χ0v) is 21.6. The van der Waals surface area contributed by atoms with Gasteiger partial charge in [0.25, 0.3) is 0 Å². The fourth-order valence-electron chi connectivity index (χ4n) is 3.78. The molecule has 6 nitrogen and oxygen atoms in total. The molecule has 1 aliphatic carbocycles. The van der Waals surface area contributed by atoms with Crippen molar-refractivity contribution in [3.63, 3.8) is 0 Å². The van der Waals surface area contributed by atoms with Crippen LogP contribution in [0.5, 0.6) is 5.75 Å². The molecule has 1 heterocycles. The zero-order valence-electron chi connectivity index (χ0n) is 20.8. The summed E-state index contributed by atoms with van der Waals surface area (Å²) in [7, 11) is 3.81. The molecule has 0 saturated heterocycles. The summed E-state index contributed by atoms with van der Waals surface area (Å²) in [5.74, 6) is 0.608. The smallest absolute Gasteiger partial charge is 0.148 e. The minimum atomic E-state index is 0.0289. The Morgan fingerprint density at radius 1 is 1.15 bits per heavy atom. The number of hydrogen-bond donors (Lipinski definition) is 0. The van der Waals surface area contributed by atoms with Crippen molar-refractivity contribution >= 4 is 11.3 Å². The van der Waals surface area contributed by atoms with Gasteiger partial charge in [0.15, 0.2) is 0 Å². The molecule has 0 unspecified atom stereocenters. The fraction of sp³-hybridized carbons (Fsp3) is 0.444. The second kappa shape index (κ2) is 12.6. The third-order valence-electron chi connectivity index (χ3n) is 5.73. The summed E-state index contributed by atoms with van der Waals surface area (Å²) in [5.41, 5.74) is 5.46. The predicted molar refractivity (Wildman–Crippen MR) is 138 cm³/mol. The van der Waals surface area contributed by atoms with Gasteiger partial charge >= 0.3 is 0 Å². The van der Waals surface area contributed by atoms with Gasteiger partial charge in [-0.3, -0.25) is 0 Å². The predicted octanol–water partition coefficient (Wildman–Crippen LogP) is 5.60. The maximum Gasteiger partial charge on any atom is 0.148 e. The molecule has 180 valence electrons. The average Bonchev–Trinajstić information content (AvgIpc) is 3.52. The van der Waals surface area contributed by atoms with Crippen LogP contribution in [0.3, 0.4) is 0 Å². The lowest BCUT2D eigenvalue weighted by Gasteiger charge is -2.11. The summed E-state index contributed by atoms with van der Waals surface area (Å²) in [4.78, 5) is 2.21. The minimum Gasteiger partial charge on any atom is -0.490 e. The molecule has 34 heavy (non-hydrogen) atoms. The van der Waals surface area contributed by atoms with E-state index in [9.17, 15) is 5.26 Å². The van der Waals surface area contributed by atoms with E-state index >= 15 is 0 Å². The van der Waals surface area contributed by atoms with Gasteiger partial charge in [0.1, 0.15) is 21.8 Å². The quantitative estimate of drug-likeness (QED) is 0.419. The van der Waals surface area contributed by atoms with Crippen LogP contribution in [0.25, 0.3) is 21.1 Å². The summed E-state index contributed by atoms with van der Waals surface area (Å²) in [6.07, 6.45) is 3.50. The van der Waals surface area contributed by atoms with Crippen molar-refractivity contribution in [1.82, 2.24) is 15.1 Å². The van der Waals surface area contributed by atoms with Crippen molar-refractivity contribution in [2.45, 2.75) is 46.1 Å². The minimum absolute atomic E-state index is 0.0289. The molecule has 0 N–H and O–H groups in total. The maximum absolute atomic E-state index is 9.43. The largest absolute Gasteiger partial charge is 0.490 e. The SMILES string of the molecule is CC(C)Oc1ccc(-c2nnc(-c3cccc4c3CCC4)s2)cc1C#N.CCN(C)CCOC. The van der Waals surface area contributed by atoms with Crippen LogP contribution in [0, 0.1) is 11.3 Å². The summed E-state index contributed by atoms with van der Waals surface area (Å²) in [6, 6.07) is 14.3. The Hall–Kier alpha value is -2.79. The van der Waals surface area contributed by atoms with Crippen molar-refractivity contribution in [3.8, 4) is 33.0 Å². The number of rotatable bonds is 8. The lowest BCUT2D eigenvalue weighted by molar-refractivity contribution is 0.164. The Labute approximate surface area is 207 Å². The number of aromatic nitrogens is 2. The molecule has 0 aliphatic heterocycles. The van der Waals surface area contributed by atoms with Gasteiger partial charge in [0.2, 0.25) is 0 Å². The molecular formula is C27H34N4O2S. The van der Waals surface area contributed by atoms with E-state index in [1.165, 1.54) is 23.1 Å². The normalized spacial score (nSPS) is 12.3. The van der Waals surface area contributed by atoms with Crippen molar-refractivity contribution in [2.75, 3.05) is 33.9 Å². The molecule has 0 spiro atoms. The molecule has 0 amide bonds. The summed E-state index contributed by atoms with van der Waals surface area (Å²) in [5, 5.41) is 20.0. The van der Waals surface area contributed by atoms with E-state index in [2.05, 4.69) is 53.3 Å². The van der Waals surface area contributed by atoms with Crippen LogP contribution in [-0.4, -0.2) is 55.1 Å². The molecule has 0 fully saturated rings. The number of fused-ring (bicyclic) bond motifs is 1. The molecule has 4 rings (SSSR count). The van der Waals surface area contributed by atoms with E-state index in [1.54, 1.807) is 18.4 Å². The molecule has 2 aromatic carbocycles. The van der Waals surface area contributed by atoms with E-state index in [-0.39, 0.29) is 6.10 Å². The third kappa shape index (κ3) is 6.63. The van der Waals surface area contributed by atoms with Gasteiger partial charge in [0.05, 0.1) is 18.3 Å². The Balaban J connectivity index is 0.000000350. The number of benzene rings is 2.